The van der Waals surface area contributed by atoms with Crippen LogP contribution in [0.4, 0.5) is 0 Å². The number of fused-ring (bicyclic) bond motifs is 3. The molecule has 2 aliphatic rings. The van der Waals surface area contributed by atoms with E-state index in [0.717, 1.165) is 12.1 Å². The minimum absolute atomic E-state index is 0.0479. The van der Waals surface area contributed by atoms with E-state index in [9.17, 15) is 4.79 Å². The van der Waals surface area contributed by atoms with Gasteiger partial charge >= 0.3 is 0 Å². The van der Waals surface area contributed by atoms with Gasteiger partial charge < -0.3 is 9.64 Å². The number of rotatable bonds is 2. The molecule has 1 fully saturated rings. The van der Waals surface area contributed by atoms with E-state index in [-0.39, 0.29) is 18.1 Å². The summed E-state index contributed by atoms with van der Waals surface area (Å²) in [7, 11) is 0. The summed E-state index contributed by atoms with van der Waals surface area (Å²) in [6.07, 6.45) is 7.57. The van der Waals surface area contributed by atoms with Crippen molar-refractivity contribution in [2.24, 2.45) is 0 Å². The highest BCUT2D eigenvalue weighted by Gasteiger charge is 2.38. The first-order valence-electron chi connectivity index (χ1n) is 7.42. The lowest BCUT2D eigenvalue weighted by Crippen LogP contribution is -2.50. The summed E-state index contributed by atoms with van der Waals surface area (Å²) in [5, 5.41) is 8.76. The summed E-state index contributed by atoms with van der Waals surface area (Å²) < 4.78 is 7.83. The van der Waals surface area contributed by atoms with Crippen molar-refractivity contribution in [3.8, 4) is 0 Å². The molecule has 23 heavy (non-hydrogen) atoms. The molecule has 2 aromatic heterocycles. The summed E-state index contributed by atoms with van der Waals surface area (Å²) in [6, 6.07) is 0.153. The number of ether oxygens (including phenoxy) is 1. The van der Waals surface area contributed by atoms with Crippen LogP contribution in [0.5, 0.6) is 0 Å². The second-order valence-electron chi connectivity index (χ2n) is 5.59. The SMILES string of the molecule is CSc1ncc(C(=O)N2CC[C@H]3[C@H](C2)OCc2cnnn23)cn1. The maximum Gasteiger partial charge on any atom is 0.257 e. The third-order valence-electron chi connectivity index (χ3n) is 4.28. The van der Waals surface area contributed by atoms with Gasteiger partial charge in [0.2, 0.25) is 0 Å². The normalized spacial score (nSPS) is 23.3. The molecule has 0 N–H and O–H groups in total. The Balaban J connectivity index is 1.49. The molecule has 9 heteroatoms. The van der Waals surface area contributed by atoms with E-state index < -0.39 is 0 Å². The second kappa shape index (κ2) is 5.89. The van der Waals surface area contributed by atoms with Crippen LogP contribution >= 0.6 is 11.8 Å². The summed E-state index contributed by atoms with van der Waals surface area (Å²) in [5.74, 6) is -0.0518. The zero-order valence-corrected chi connectivity index (χ0v) is 13.4. The van der Waals surface area contributed by atoms with Gasteiger partial charge in [-0.05, 0) is 12.7 Å². The molecule has 0 unspecified atom stereocenters. The summed E-state index contributed by atoms with van der Waals surface area (Å²) >= 11 is 1.45. The van der Waals surface area contributed by atoms with E-state index in [2.05, 4.69) is 20.3 Å². The predicted molar refractivity (Wildman–Crippen MR) is 82.0 cm³/mol. The van der Waals surface area contributed by atoms with Crippen LogP contribution in [-0.2, 0) is 11.3 Å². The highest BCUT2D eigenvalue weighted by atomic mass is 32.2. The molecule has 1 saturated heterocycles. The minimum atomic E-state index is -0.0518. The van der Waals surface area contributed by atoms with Gasteiger partial charge in [-0.3, -0.25) is 4.79 Å². The Morgan fingerprint density at radius 2 is 2.17 bits per heavy atom. The van der Waals surface area contributed by atoms with Gasteiger partial charge in [0.1, 0.15) is 0 Å². The number of aromatic nitrogens is 5. The van der Waals surface area contributed by atoms with Gasteiger partial charge in [-0.25, -0.2) is 14.6 Å². The standard InChI is InChI=1S/C14H16N6O2S/c1-23-14-15-4-9(5-16-14)13(21)19-3-2-11-12(7-19)22-8-10-6-17-18-20(10)11/h4-6,11-12H,2-3,7-8H2,1H3/t11-,12-/m0/s1. The Kier molecular flexibility index (Phi) is 3.74. The van der Waals surface area contributed by atoms with E-state index in [1.54, 1.807) is 23.5 Å². The van der Waals surface area contributed by atoms with Crippen molar-refractivity contribution in [2.75, 3.05) is 19.3 Å². The fourth-order valence-electron chi connectivity index (χ4n) is 3.09. The highest BCUT2D eigenvalue weighted by molar-refractivity contribution is 7.98. The predicted octanol–water partition coefficient (Wildman–Crippen LogP) is 0.776. The van der Waals surface area contributed by atoms with Crippen molar-refractivity contribution in [2.45, 2.75) is 30.3 Å². The number of hydrogen-bond donors (Lipinski definition) is 0. The van der Waals surface area contributed by atoms with Crippen LogP contribution in [-0.4, -0.2) is 61.2 Å². The Morgan fingerprint density at radius 1 is 1.35 bits per heavy atom. The first-order valence-corrected chi connectivity index (χ1v) is 8.64. The third kappa shape index (κ3) is 2.59. The van der Waals surface area contributed by atoms with Gasteiger partial charge in [0.05, 0.1) is 36.2 Å². The molecule has 0 spiro atoms. The fraction of sp³-hybridized carbons (Fsp3) is 0.500. The Labute approximate surface area is 137 Å². The molecule has 0 saturated carbocycles. The molecular weight excluding hydrogens is 316 g/mol. The quantitative estimate of drug-likeness (QED) is 0.593. The van der Waals surface area contributed by atoms with Gasteiger partial charge in [0.15, 0.2) is 5.16 Å². The van der Waals surface area contributed by atoms with Gasteiger partial charge in [0.25, 0.3) is 5.91 Å². The molecule has 4 heterocycles. The average molecular weight is 332 g/mol. The summed E-state index contributed by atoms with van der Waals surface area (Å²) in [6.45, 7) is 1.70. The lowest BCUT2D eigenvalue weighted by molar-refractivity contribution is -0.0627. The van der Waals surface area contributed by atoms with Crippen molar-refractivity contribution in [1.29, 1.82) is 0 Å². The third-order valence-corrected chi connectivity index (χ3v) is 4.85. The van der Waals surface area contributed by atoms with E-state index in [0.29, 0.717) is 30.4 Å². The first-order chi connectivity index (χ1) is 11.3. The fourth-order valence-corrected chi connectivity index (χ4v) is 3.40. The number of carbonyl (C=O) groups is 1. The molecule has 0 bridgehead atoms. The van der Waals surface area contributed by atoms with E-state index in [1.165, 1.54) is 11.8 Å². The molecule has 0 aromatic carbocycles. The molecule has 1 amide bonds. The second-order valence-corrected chi connectivity index (χ2v) is 6.36. The van der Waals surface area contributed by atoms with Crippen molar-refractivity contribution >= 4 is 17.7 Å². The van der Waals surface area contributed by atoms with Gasteiger partial charge in [-0.15, -0.1) is 5.10 Å². The summed E-state index contributed by atoms with van der Waals surface area (Å²) in [4.78, 5) is 22.8. The molecule has 2 aliphatic heterocycles. The van der Waals surface area contributed by atoms with Crippen LogP contribution in [0.1, 0.15) is 28.5 Å². The molecule has 120 valence electrons. The topological polar surface area (TPSA) is 86.0 Å². The molecule has 2 atom stereocenters. The van der Waals surface area contributed by atoms with E-state index >= 15 is 0 Å². The van der Waals surface area contributed by atoms with Gasteiger partial charge in [-0.2, -0.15) is 0 Å². The smallest absolute Gasteiger partial charge is 0.257 e. The van der Waals surface area contributed by atoms with E-state index in [4.69, 9.17) is 4.74 Å². The van der Waals surface area contributed by atoms with Gasteiger partial charge in [-0.1, -0.05) is 17.0 Å². The van der Waals surface area contributed by atoms with Crippen molar-refractivity contribution in [3.05, 3.63) is 29.8 Å². The van der Waals surface area contributed by atoms with Gasteiger partial charge in [0, 0.05) is 25.5 Å². The lowest BCUT2D eigenvalue weighted by Gasteiger charge is -2.40. The average Bonchev–Trinajstić information content (AvgIpc) is 3.10. The van der Waals surface area contributed by atoms with Crippen LogP contribution in [0.2, 0.25) is 0 Å². The van der Waals surface area contributed by atoms with Crippen molar-refractivity contribution < 1.29 is 9.53 Å². The summed E-state index contributed by atoms with van der Waals surface area (Å²) in [5.41, 5.74) is 1.51. The number of carbonyl (C=O) groups excluding carboxylic acids is 1. The zero-order valence-electron chi connectivity index (χ0n) is 12.6. The van der Waals surface area contributed by atoms with Crippen LogP contribution in [0.3, 0.4) is 0 Å². The van der Waals surface area contributed by atoms with Crippen molar-refractivity contribution in [1.82, 2.24) is 29.9 Å². The molecule has 2 aromatic rings. The zero-order chi connectivity index (χ0) is 15.8. The van der Waals surface area contributed by atoms with Crippen LogP contribution in [0, 0.1) is 0 Å². The minimum Gasteiger partial charge on any atom is -0.368 e. The lowest BCUT2D eigenvalue weighted by atomic mass is 9.99. The van der Waals surface area contributed by atoms with E-state index in [1.807, 2.05) is 10.9 Å². The number of hydrogen-bond acceptors (Lipinski definition) is 7. The Bertz CT molecular complexity index is 718. The Morgan fingerprint density at radius 3 is 2.96 bits per heavy atom. The molecule has 4 rings (SSSR count). The number of likely N-dealkylation sites (tertiary alicyclic amines) is 1. The molecule has 0 radical (unpaired) electrons. The molecule has 8 nitrogen and oxygen atoms in total. The number of amides is 1. The van der Waals surface area contributed by atoms with Crippen LogP contribution in [0.25, 0.3) is 0 Å². The van der Waals surface area contributed by atoms with Crippen molar-refractivity contribution in [3.63, 3.8) is 0 Å². The Hall–Kier alpha value is -2.00. The van der Waals surface area contributed by atoms with Crippen LogP contribution in [0.15, 0.2) is 23.7 Å². The number of piperidine rings is 1. The maximum absolute atomic E-state index is 12.6. The largest absolute Gasteiger partial charge is 0.368 e. The highest BCUT2D eigenvalue weighted by Crippen LogP contribution is 2.30. The monoisotopic (exact) mass is 332 g/mol. The number of thioether (sulfide) groups is 1. The number of nitrogens with zero attached hydrogens (tertiary/aromatic N) is 6. The van der Waals surface area contributed by atoms with Crippen LogP contribution < -0.4 is 0 Å². The molecular formula is C14H16N6O2S. The molecule has 0 aliphatic carbocycles. The maximum atomic E-state index is 12.6. The first kappa shape index (κ1) is 14.6.